The second-order valence-electron chi connectivity index (χ2n) is 4.06. The summed E-state index contributed by atoms with van der Waals surface area (Å²) in [4.78, 5) is 11.9. The summed E-state index contributed by atoms with van der Waals surface area (Å²) < 4.78 is 11.3. The average Bonchev–Trinajstić information content (AvgIpc) is 2.93. The first kappa shape index (κ1) is 13.2. The maximum Gasteiger partial charge on any atom is 0.264 e. The summed E-state index contributed by atoms with van der Waals surface area (Å²) in [6.07, 6.45) is 1.86. The molecule has 1 N–H and O–H groups in total. The van der Waals surface area contributed by atoms with Gasteiger partial charge in [0.05, 0.1) is 4.24 Å². The van der Waals surface area contributed by atoms with Crippen molar-refractivity contribution in [1.29, 1.82) is 5.26 Å². The van der Waals surface area contributed by atoms with E-state index >= 15 is 0 Å². The molecular weight excluding hydrogens is 296 g/mol. The molecule has 5 nitrogen and oxygen atoms in total. The normalized spacial score (nSPS) is 20.6. The third kappa shape index (κ3) is 2.21. The summed E-state index contributed by atoms with van der Waals surface area (Å²) in [6, 6.07) is 7.52. The Morgan fingerprint density at radius 3 is 3.00 bits per heavy atom. The van der Waals surface area contributed by atoms with Crippen molar-refractivity contribution < 1.29 is 14.3 Å². The molecule has 0 fully saturated rings. The van der Waals surface area contributed by atoms with Crippen molar-refractivity contribution in [3.8, 4) is 17.6 Å². The van der Waals surface area contributed by atoms with Crippen LogP contribution in [0, 0.1) is 11.3 Å². The molecule has 2 heterocycles. The van der Waals surface area contributed by atoms with Gasteiger partial charge >= 0.3 is 0 Å². The van der Waals surface area contributed by atoms with Gasteiger partial charge in [-0.25, -0.2) is 0 Å². The lowest BCUT2D eigenvalue weighted by atomic mass is 10.2. The Bertz CT molecular complexity index is 652. The van der Waals surface area contributed by atoms with Gasteiger partial charge in [-0.3, -0.25) is 4.79 Å². The summed E-state index contributed by atoms with van der Waals surface area (Å²) in [7, 11) is 0. The first-order chi connectivity index (χ1) is 9.72. The van der Waals surface area contributed by atoms with Crippen LogP contribution in [0.5, 0.6) is 11.5 Å². The molecule has 0 spiro atoms. The fourth-order valence-corrected chi connectivity index (χ4v) is 3.89. The minimum absolute atomic E-state index is 0.180. The number of hydrogen-bond donors (Lipinski definition) is 1. The number of benzene rings is 1. The van der Waals surface area contributed by atoms with Gasteiger partial charge in [-0.05, 0) is 24.0 Å². The zero-order valence-corrected chi connectivity index (χ0v) is 12.1. The highest BCUT2D eigenvalue weighted by Crippen LogP contribution is 2.44. The molecule has 1 atom stereocenters. The molecule has 0 bridgehead atoms. The molecule has 0 radical (unpaired) electrons. The molecule has 0 aliphatic carbocycles. The predicted octanol–water partition coefficient (Wildman–Crippen LogP) is 2.38. The maximum absolute atomic E-state index is 11.9. The van der Waals surface area contributed by atoms with E-state index in [0.717, 1.165) is 9.80 Å². The van der Waals surface area contributed by atoms with E-state index in [1.807, 2.05) is 30.5 Å². The first-order valence-corrected chi connectivity index (χ1v) is 7.89. The molecule has 7 heteroatoms. The van der Waals surface area contributed by atoms with Gasteiger partial charge in [-0.1, -0.05) is 17.8 Å². The Labute approximate surface area is 124 Å². The topological polar surface area (TPSA) is 71.4 Å². The van der Waals surface area contributed by atoms with E-state index in [2.05, 4.69) is 5.32 Å². The molecule has 1 aromatic rings. The Kier molecular flexibility index (Phi) is 3.51. The lowest BCUT2D eigenvalue weighted by molar-refractivity contribution is -0.117. The number of amides is 1. The molecule has 0 saturated carbocycles. The number of nitrogens with zero attached hydrogens (tertiary/aromatic N) is 1. The summed E-state index contributed by atoms with van der Waals surface area (Å²) in [6.45, 7) is 0.220. The zero-order chi connectivity index (χ0) is 14.1. The van der Waals surface area contributed by atoms with Gasteiger partial charge in [0.1, 0.15) is 17.0 Å². The van der Waals surface area contributed by atoms with E-state index in [0.29, 0.717) is 11.5 Å². The highest BCUT2D eigenvalue weighted by Gasteiger charge is 2.29. The van der Waals surface area contributed by atoms with Gasteiger partial charge in [-0.15, -0.1) is 11.8 Å². The molecular formula is C13H10N2O3S2. The van der Waals surface area contributed by atoms with Gasteiger partial charge in [0, 0.05) is 0 Å². The van der Waals surface area contributed by atoms with Crippen LogP contribution in [0.2, 0.25) is 0 Å². The Morgan fingerprint density at radius 2 is 2.25 bits per heavy atom. The van der Waals surface area contributed by atoms with Crippen molar-refractivity contribution in [2.45, 2.75) is 5.37 Å². The maximum atomic E-state index is 11.9. The Morgan fingerprint density at radius 1 is 1.45 bits per heavy atom. The van der Waals surface area contributed by atoms with Crippen LogP contribution in [0.3, 0.4) is 0 Å². The van der Waals surface area contributed by atoms with Crippen LogP contribution in [-0.4, -0.2) is 19.0 Å². The number of rotatable bonds is 2. The van der Waals surface area contributed by atoms with Crippen LogP contribution in [-0.2, 0) is 4.79 Å². The van der Waals surface area contributed by atoms with E-state index in [-0.39, 0.29) is 23.6 Å². The largest absolute Gasteiger partial charge is 0.454 e. The number of nitriles is 1. The lowest BCUT2D eigenvalue weighted by Gasteiger charge is -2.24. The average molecular weight is 306 g/mol. The highest BCUT2D eigenvalue weighted by molar-refractivity contribution is 8.22. The van der Waals surface area contributed by atoms with Crippen molar-refractivity contribution in [3.05, 3.63) is 33.6 Å². The lowest BCUT2D eigenvalue weighted by Crippen LogP contribution is -2.31. The molecule has 0 saturated heterocycles. The summed E-state index contributed by atoms with van der Waals surface area (Å²) in [5.74, 6) is 1.05. The number of fused-ring (bicyclic) bond motifs is 1. The second kappa shape index (κ2) is 5.31. The van der Waals surface area contributed by atoms with E-state index in [1.165, 1.54) is 23.5 Å². The Balaban J connectivity index is 1.92. The second-order valence-corrected chi connectivity index (χ2v) is 6.25. The summed E-state index contributed by atoms with van der Waals surface area (Å²) >= 11 is 2.87. The van der Waals surface area contributed by atoms with Crippen LogP contribution in [0.4, 0.5) is 0 Å². The van der Waals surface area contributed by atoms with Crippen LogP contribution in [0.15, 0.2) is 28.0 Å². The van der Waals surface area contributed by atoms with Crippen molar-refractivity contribution in [2.24, 2.45) is 0 Å². The third-order valence-electron chi connectivity index (χ3n) is 2.91. The molecule has 3 rings (SSSR count). The number of hydrogen-bond acceptors (Lipinski definition) is 6. The fraction of sp³-hybridized carbons (Fsp3) is 0.231. The quantitative estimate of drug-likeness (QED) is 0.904. The molecule has 0 unspecified atom stereocenters. The zero-order valence-electron chi connectivity index (χ0n) is 10.5. The van der Waals surface area contributed by atoms with Crippen molar-refractivity contribution in [1.82, 2.24) is 5.32 Å². The van der Waals surface area contributed by atoms with Gasteiger partial charge in [-0.2, -0.15) is 5.26 Å². The molecule has 2 aliphatic heterocycles. The van der Waals surface area contributed by atoms with Crippen LogP contribution < -0.4 is 14.8 Å². The summed E-state index contributed by atoms with van der Waals surface area (Å²) in [5, 5.41) is 11.6. The van der Waals surface area contributed by atoms with Gasteiger partial charge < -0.3 is 14.8 Å². The number of carbonyl (C=O) groups excluding carboxylic acids is 1. The standard InChI is InChI=1S/C13H10N2O3S2/c1-19-13-8(5-14)11(16)15-12(20-13)7-2-3-9-10(4-7)18-6-17-9/h2-4,12H,6H2,1H3,(H,15,16)/t12-/m1/s1. The first-order valence-electron chi connectivity index (χ1n) is 5.78. The van der Waals surface area contributed by atoms with E-state index < -0.39 is 0 Å². The number of nitrogens with one attached hydrogen (secondary N) is 1. The van der Waals surface area contributed by atoms with E-state index in [9.17, 15) is 4.79 Å². The van der Waals surface area contributed by atoms with Gasteiger partial charge in [0.25, 0.3) is 5.91 Å². The highest BCUT2D eigenvalue weighted by atomic mass is 32.2. The van der Waals surface area contributed by atoms with E-state index in [4.69, 9.17) is 14.7 Å². The number of carbonyl (C=O) groups is 1. The monoisotopic (exact) mass is 306 g/mol. The van der Waals surface area contributed by atoms with Crippen LogP contribution >= 0.6 is 23.5 Å². The smallest absolute Gasteiger partial charge is 0.264 e. The summed E-state index contributed by atoms with van der Waals surface area (Å²) in [5.41, 5.74) is 1.09. The molecule has 2 aliphatic rings. The van der Waals surface area contributed by atoms with E-state index in [1.54, 1.807) is 0 Å². The predicted molar refractivity (Wildman–Crippen MR) is 77.2 cm³/mol. The molecule has 0 aromatic heterocycles. The van der Waals surface area contributed by atoms with Crippen molar-refractivity contribution >= 4 is 29.4 Å². The van der Waals surface area contributed by atoms with Crippen LogP contribution in [0.1, 0.15) is 10.9 Å². The van der Waals surface area contributed by atoms with Gasteiger partial charge in [0.2, 0.25) is 6.79 Å². The fourth-order valence-electron chi connectivity index (χ4n) is 1.95. The molecule has 1 amide bonds. The number of ether oxygens (including phenoxy) is 2. The third-order valence-corrected chi connectivity index (χ3v) is 5.32. The number of thioether (sulfide) groups is 2. The van der Waals surface area contributed by atoms with Crippen molar-refractivity contribution in [2.75, 3.05) is 13.0 Å². The molecule has 20 heavy (non-hydrogen) atoms. The van der Waals surface area contributed by atoms with Crippen LogP contribution in [0.25, 0.3) is 0 Å². The van der Waals surface area contributed by atoms with Crippen molar-refractivity contribution in [3.63, 3.8) is 0 Å². The molecule has 102 valence electrons. The van der Waals surface area contributed by atoms with Gasteiger partial charge in [0.15, 0.2) is 11.5 Å². The minimum Gasteiger partial charge on any atom is -0.454 e. The Hall–Kier alpha value is -1.78. The SMILES string of the molecule is CSC1=C(C#N)C(=O)N[C@@H](c2ccc3c(c2)OCO3)S1. The molecule has 1 aromatic carbocycles. The minimum atomic E-state index is -0.335.